The number of carbonyl (C=O) groups excluding carboxylic acids is 3. The molecule has 5 nitrogen and oxygen atoms in total. The molecule has 0 aromatic heterocycles. The fraction of sp³-hybridized carbons (Fsp3) is 0.545. The van der Waals surface area contributed by atoms with Crippen molar-refractivity contribution in [3.8, 4) is 0 Å². The van der Waals surface area contributed by atoms with Crippen LogP contribution >= 0.6 is 0 Å². The number of fused-ring (bicyclic) bond motifs is 1. The monoisotopic (exact) mass is 310 g/mol. The number of hydrogen-bond acceptors (Lipinski definition) is 4. The Morgan fingerprint density at radius 3 is 2.59 bits per heavy atom. The average molecular weight is 310 g/mol. The number of amides is 2. The second kappa shape index (κ2) is 5.40. The fourth-order valence-electron chi connectivity index (χ4n) is 2.40. The molecule has 2 unspecified atom stereocenters. The van der Waals surface area contributed by atoms with Gasteiger partial charge in [0.15, 0.2) is 0 Å². The Morgan fingerprint density at radius 2 is 2.00 bits per heavy atom. The molecule has 0 spiro atoms. The topological polar surface area (TPSA) is 80.5 Å². The van der Waals surface area contributed by atoms with Crippen molar-refractivity contribution < 1.29 is 47.1 Å². The standard InChI is InChI=1S/C11H13N2O3.Y/c1-6-8-3-2-4-9(14)13(8)11(16)7(5-12)10(6)15;/h6,8H,2-4,12H2,1H3;/q-1;. The second-order valence-corrected chi connectivity index (χ2v) is 4.20. The number of nitrogens with two attached hydrogens (primary N) is 1. The molecule has 0 aromatic carbocycles. The molecule has 0 aliphatic carbocycles. The Hall–Kier alpha value is -0.546. The van der Waals surface area contributed by atoms with E-state index in [-0.39, 0.29) is 61.9 Å². The van der Waals surface area contributed by atoms with Crippen molar-refractivity contribution in [2.75, 3.05) is 0 Å². The molecule has 2 aliphatic heterocycles. The van der Waals surface area contributed by atoms with Crippen LogP contribution in [0.3, 0.4) is 0 Å². The van der Waals surface area contributed by atoms with Gasteiger partial charge in [0.2, 0.25) is 5.91 Å². The van der Waals surface area contributed by atoms with Crippen LogP contribution in [0.2, 0.25) is 0 Å². The summed E-state index contributed by atoms with van der Waals surface area (Å²) < 4.78 is 0. The van der Waals surface area contributed by atoms with Crippen LogP contribution in [-0.2, 0) is 47.1 Å². The van der Waals surface area contributed by atoms with Crippen LogP contribution in [0.4, 0.5) is 0 Å². The zero-order valence-electron chi connectivity index (χ0n) is 9.60. The maximum atomic E-state index is 11.9. The van der Waals surface area contributed by atoms with Gasteiger partial charge in [-0.25, -0.2) is 0 Å². The minimum absolute atomic E-state index is 0. The summed E-state index contributed by atoms with van der Waals surface area (Å²) in [5.74, 6) is -1.47. The van der Waals surface area contributed by atoms with Crippen LogP contribution < -0.4 is 5.73 Å². The SMILES string of the molecule is CC1C(=O)C(=[C-]N)C(=O)N2C(=O)CCCC12.[Y]. The Morgan fingerprint density at radius 1 is 1.35 bits per heavy atom. The summed E-state index contributed by atoms with van der Waals surface area (Å²) in [6.45, 7) is 1.72. The minimum atomic E-state index is -0.583. The number of nitrogens with zero attached hydrogens (tertiary/aromatic N) is 1. The number of hydrogen-bond donors (Lipinski definition) is 1. The molecule has 0 aromatic rings. The Labute approximate surface area is 125 Å². The molecular formula is C11H13N2O3Y-. The number of piperidine rings is 2. The number of rotatable bonds is 0. The predicted octanol–water partition coefficient (Wildman–Crippen LogP) is -0.244. The zero-order valence-corrected chi connectivity index (χ0v) is 12.4. The van der Waals surface area contributed by atoms with Crippen molar-refractivity contribution in [1.29, 1.82) is 0 Å². The smallest absolute Gasteiger partial charge is 0.218 e. The van der Waals surface area contributed by atoms with Crippen molar-refractivity contribution in [3.63, 3.8) is 0 Å². The molecule has 2 heterocycles. The molecule has 2 fully saturated rings. The number of Topliss-reactive ketones (excluding diaryl/α,β-unsaturated/α-hetero) is 1. The molecule has 2 saturated heterocycles. The number of imide groups is 1. The van der Waals surface area contributed by atoms with E-state index in [1.165, 1.54) is 4.90 Å². The van der Waals surface area contributed by atoms with E-state index >= 15 is 0 Å². The van der Waals surface area contributed by atoms with Gasteiger partial charge in [-0.2, -0.15) is 0 Å². The van der Waals surface area contributed by atoms with Crippen LogP contribution in [0.5, 0.6) is 0 Å². The first-order valence-corrected chi connectivity index (χ1v) is 5.32. The molecule has 0 saturated carbocycles. The minimum Gasteiger partial charge on any atom is -0.457 e. The summed E-state index contributed by atoms with van der Waals surface area (Å²) in [7, 11) is 0. The molecule has 2 rings (SSSR count). The Bertz CT molecular complexity index is 406. The molecule has 17 heavy (non-hydrogen) atoms. The predicted molar refractivity (Wildman–Crippen MR) is 54.6 cm³/mol. The molecule has 2 atom stereocenters. The largest absolute Gasteiger partial charge is 0.457 e. The normalized spacial score (nSPS) is 31.2. The van der Waals surface area contributed by atoms with Gasteiger partial charge in [0.05, 0.1) is 5.78 Å². The van der Waals surface area contributed by atoms with Crippen LogP contribution in [0.25, 0.3) is 0 Å². The summed E-state index contributed by atoms with van der Waals surface area (Å²) in [5.41, 5.74) is 4.97. The fourth-order valence-corrected chi connectivity index (χ4v) is 2.40. The summed E-state index contributed by atoms with van der Waals surface area (Å²) in [4.78, 5) is 36.5. The zero-order chi connectivity index (χ0) is 11.9. The third-order valence-electron chi connectivity index (χ3n) is 3.30. The van der Waals surface area contributed by atoms with Crippen molar-refractivity contribution >= 4 is 17.6 Å². The van der Waals surface area contributed by atoms with Gasteiger partial charge in [0.25, 0.3) is 0 Å². The van der Waals surface area contributed by atoms with Crippen LogP contribution in [0.1, 0.15) is 26.2 Å². The van der Waals surface area contributed by atoms with Gasteiger partial charge < -0.3 is 20.2 Å². The first-order chi connectivity index (χ1) is 7.57. The third kappa shape index (κ3) is 2.23. The van der Waals surface area contributed by atoms with E-state index in [9.17, 15) is 14.4 Å². The van der Waals surface area contributed by atoms with Crippen molar-refractivity contribution in [2.45, 2.75) is 32.2 Å². The van der Waals surface area contributed by atoms with Gasteiger partial charge in [-0.3, -0.25) is 4.79 Å². The van der Waals surface area contributed by atoms with Crippen molar-refractivity contribution in [2.24, 2.45) is 11.7 Å². The van der Waals surface area contributed by atoms with E-state index in [4.69, 9.17) is 5.73 Å². The summed E-state index contributed by atoms with van der Waals surface area (Å²) in [6.07, 6.45) is 3.90. The summed E-state index contributed by atoms with van der Waals surface area (Å²) in [5, 5.41) is 0. The van der Waals surface area contributed by atoms with Crippen LogP contribution in [0, 0.1) is 12.1 Å². The maximum absolute atomic E-state index is 11.9. The van der Waals surface area contributed by atoms with Crippen molar-refractivity contribution in [1.82, 2.24) is 4.90 Å². The van der Waals surface area contributed by atoms with E-state index in [0.717, 1.165) is 6.42 Å². The maximum Gasteiger partial charge on any atom is 0.218 e. The molecular weight excluding hydrogens is 297 g/mol. The molecule has 2 N–H and O–H groups in total. The van der Waals surface area contributed by atoms with Crippen LogP contribution in [0.15, 0.2) is 5.57 Å². The average Bonchev–Trinajstić information content (AvgIpc) is 2.26. The van der Waals surface area contributed by atoms with E-state index in [2.05, 4.69) is 6.20 Å². The van der Waals surface area contributed by atoms with E-state index in [0.29, 0.717) is 12.8 Å². The van der Waals surface area contributed by atoms with Gasteiger partial charge in [-0.05, 0) is 18.8 Å². The summed E-state index contributed by atoms with van der Waals surface area (Å²) in [6, 6.07) is -0.293. The second-order valence-electron chi connectivity index (χ2n) is 4.20. The van der Waals surface area contributed by atoms with E-state index in [1.807, 2.05) is 0 Å². The molecule has 2 amide bonds. The summed E-state index contributed by atoms with van der Waals surface area (Å²) >= 11 is 0. The first-order valence-electron chi connectivity index (χ1n) is 5.32. The van der Waals surface area contributed by atoms with Gasteiger partial charge in [0.1, 0.15) is 5.91 Å². The molecule has 1 radical (unpaired) electrons. The third-order valence-corrected chi connectivity index (χ3v) is 3.30. The van der Waals surface area contributed by atoms with E-state index < -0.39 is 5.91 Å². The van der Waals surface area contributed by atoms with Crippen molar-refractivity contribution in [3.05, 3.63) is 11.8 Å². The quantitative estimate of drug-likeness (QED) is 0.220. The molecule has 2 aliphatic rings. The van der Waals surface area contributed by atoms with Gasteiger partial charge in [0, 0.05) is 45.2 Å². The van der Waals surface area contributed by atoms with Gasteiger partial charge in [-0.15, -0.1) is 0 Å². The molecule has 0 bridgehead atoms. The Balaban J connectivity index is 0.00000144. The first kappa shape index (κ1) is 14.5. The van der Waals surface area contributed by atoms with Gasteiger partial charge in [-0.1, -0.05) is 18.7 Å². The molecule has 89 valence electrons. The Kier molecular flexibility index (Phi) is 4.61. The van der Waals surface area contributed by atoms with E-state index in [1.54, 1.807) is 6.92 Å². The number of carbonyl (C=O) groups is 3. The van der Waals surface area contributed by atoms with Gasteiger partial charge >= 0.3 is 0 Å². The van der Waals surface area contributed by atoms with Crippen LogP contribution in [-0.4, -0.2) is 28.5 Å². The number of ketones is 1. The molecule has 6 heteroatoms.